The Bertz CT molecular complexity index is 905. The number of aromatic nitrogens is 1. The molecule has 0 amide bonds. The Hall–Kier alpha value is -1.68. The first-order chi connectivity index (χ1) is 12.8. The van der Waals surface area contributed by atoms with Crippen LogP contribution in [0.25, 0.3) is 0 Å². The van der Waals surface area contributed by atoms with Crippen LogP contribution in [0.4, 0.5) is 5.69 Å². The Morgan fingerprint density at radius 2 is 2.00 bits per heavy atom. The number of anilines is 1. The normalized spacial score (nSPS) is 21.0. The standard InChI is InChI=1S/C11H14BrN3O.C7H8O3S/c1-16-10-2-8(4-14-11(10)12)15-6-7-3-13-5-9(7)15;1-6-2-4-7(5-3-6)11(8,9)10/h2,4,7,9,13H,3,5-6H2,1H3;2-5H,1H3,(H,8,9,10)/t7-,9-;/m1./s1. The van der Waals surface area contributed by atoms with Crippen molar-refractivity contribution in [2.24, 2.45) is 5.92 Å². The molecule has 146 valence electrons. The summed E-state index contributed by atoms with van der Waals surface area (Å²) in [6.07, 6.45) is 1.90. The van der Waals surface area contributed by atoms with Crippen LogP contribution < -0.4 is 15.0 Å². The zero-order chi connectivity index (χ0) is 19.6. The van der Waals surface area contributed by atoms with Crippen LogP contribution in [0, 0.1) is 12.8 Å². The first kappa shape index (κ1) is 20.1. The number of nitrogens with zero attached hydrogens (tertiary/aromatic N) is 2. The molecule has 4 rings (SSSR count). The maximum absolute atomic E-state index is 10.5. The Morgan fingerprint density at radius 3 is 2.59 bits per heavy atom. The zero-order valence-electron chi connectivity index (χ0n) is 15.1. The van der Waals surface area contributed by atoms with Gasteiger partial charge in [-0.05, 0) is 35.0 Å². The van der Waals surface area contributed by atoms with Gasteiger partial charge in [0.15, 0.2) is 5.75 Å². The van der Waals surface area contributed by atoms with E-state index in [1.54, 1.807) is 19.2 Å². The van der Waals surface area contributed by atoms with Gasteiger partial charge in [-0.1, -0.05) is 17.7 Å². The molecule has 2 atom stereocenters. The summed E-state index contributed by atoms with van der Waals surface area (Å²) in [5, 5.41) is 3.42. The van der Waals surface area contributed by atoms with Crippen molar-refractivity contribution in [3.63, 3.8) is 0 Å². The zero-order valence-corrected chi connectivity index (χ0v) is 17.5. The van der Waals surface area contributed by atoms with E-state index < -0.39 is 10.1 Å². The number of methoxy groups -OCH3 is 1. The molecule has 0 bridgehead atoms. The van der Waals surface area contributed by atoms with Crippen LogP contribution in [0.1, 0.15) is 5.56 Å². The fourth-order valence-electron chi connectivity index (χ4n) is 3.25. The SMILES string of the molecule is COc1cc(N2C[C@H]3CNC[C@H]32)cnc1Br.Cc1ccc(S(=O)(=O)O)cc1. The van der Waals surface area contributed by atoms with E-state index >= 15 is 0 Å². The lowest BCUT2D eigenvalue weighted by molar-refractivity contribution is 0.363. The monoisotopic (exact) mass is 455 g/mol. The van der Waals surface area contributed by atoms with Gasteiger partial charge in [-0.2, -0.15) is 8.42 Å². The van der Waals surface area contributed by atoms with Gasteiger partial charge in [0.25, 0.3) is 10.1 Å². The van der Waals surface area contributed by atoms with E-state index in [0.29, 0.717) is 6.04 Å². The quantitative estimate of drug-likeness (QED) is 0.542. The molecule has 2 aliphatic heterocycles. The molecule has 2 aliphatic rings. The van der Waals surface area contributed by atoms with E-state index in [1.165, 1.54) is 12.1 Å². The van der Waals surface area contributed by atoms with E-state index in [4.69, 9.17) is 9.29 Å². The molecule has 0 spiro atoms. The molecule has 2 N–H and O–H groups in total. The number of rotatable bonds is 3. The van der Waals surface area contributed by atoms with E-state index in [-0.39, 0.29) is 4.90 Å². The number of fused-ring (bicyclic) bond motifs is 1. The number of benzene rings is 1. The number of halogens is 1. The largest absolute Gasteiger partial charge is 0.494 e. The Morgan fingerprint density at radius 1 is 1.30 bits per heavy atom. The number of hydrogen-bond donors (Lipinski definition) is 2. The maximum atomic E-state index is 10.5. The first-order valence-corrected chi connectivity index (χ1v) is 10.7. The second-order valence-electron chi connectivity index (χ2n) is 6.61. The molecular formula is C18H22BrN3O4S. The third-order valence-corrected chi connectivity index (χ3v) is 6.26. The summed E-state index contributed by atoms with van der Waals surface area (Å²) >= 11 is 3.37. The smallest absolute Gasteiger partial charge is 0.294 e. The van der Waals surface area contributed by atoms with Gasteiger partial charge < -0.3 is 15.0 Å². The third kappa shape index (κ3) is 4.60. The molecule has 27 heavy (non-hydrogen) atoms. The summed E-state index contributed by atoms with van der Waals surface area (Å²) in [5.74, 6) is 1.61. The summed E-state index contributed by atoms with van der Waals surface area (Å²) in [4.78, 5) is 6.63. The molecule has 3 heterocycles. The van der Waals surface area contributed by atoms with E-state index in [0.717, 1.165) is 47.2 Å². The molecule has 0 saturated carbocycles. The van der Waals surface area contributed by atoms with Gasteiger partial charge in [-0.25, -0.2) is 4.98 Å². The van der Waals surface area contributed by atoms with Crippen LogP contribution in [0.5, 0.6) is 5.75 Å². The second kappa shape index (κ2) is 8.14. The van der Waals surface area contributed by atoms with Crippen LogP contribution in [-0.2, 0) is 10.1 Å². The highest BCUT2D eigenvalue weighted by molar-refractivity contribution is 9.10. The van der Waals surface area contributed by atoms with Crippen molar-refractivity contribution < 1.29 is 17.7 Å². The van der Waals surface area contributed by atoms with Crippen molar-refractivity contribution in [3.05, 3.63) is 46.7 Å². The predicted molar refractivity (Wildman–Crippen MR) is 107 cm³/mol. The Balaban J connectivity index is 0.000000168. The van der Waals surface area contributed by atoms with Crippen LogP contribution in [0.15, 0.2) is 46.0 Å². The first-order valence-electron chi connectivity index (χ1n) is 8.50. The lowest BCUT2D eigenvalue weighted by Crippen LogP contribution is -2.55. The predicted octanol–water partition coefficient (Wildman–Crippen LogP) is 2.50. The van der Waals surface area contributed by atoms with Gasteiger partial charge in [0.05, 0.1) is 23.9 Å². The van der Waals surface area contributed by atoms with Crippen LogP contribution >= 0.6 is 15.9 Å². The number of ether oxygens (including phenoxy) is 1. The highest BCUT2D eigenvalue weighted by Crippen LogP contribution is 2.35. The lowest BCUT2D eigenvalue weighted by Gasteiger charge is -2.45. The van der Waals surface area contributed by atoms with E-state index in [2.05, 4.69) is 31.1 Å². The number of pyridine rings is 1. The van der Waals surface area contributed by atoms with Gasteiger partial charge in [-0.3, -0.25) is 4.55 Å². The molecule has 2 saturated heterocycles. The fraction of sp³-hybridized carbons (Fsp3) is 0.389. The van der Waals surface area contributed by atoms with Gasteiger partial charge in [0.1, 0.15) is 4.60 Å². The highest BCUT2D eigenvalue weighted by atomic mass is 79.9. The summed E-state index contributed by atoms with van der Waals surface area (Å²) in [7, 11) is -2.35. The second-order valence-corrected chi connectivity index (χ2v) is 8.79. The van der Waals surface area contributed by atoms with Crippen molar-refractivity contribution in [1.29, 1.82) is 0 Å². The molecular weight excluding hydrogens is 434 g/mol. The van der Waals surface area contributed by atoms with Gasteiger partial charge in [0, 0.05) is 37.7 Å². The molecule has 0 unspecified atom stereocenters. The number of nitrogens with one attached hydrogen (secondary N) is 1. The molecule has 0 aliphatic carbocycles. The van der Waals surface area contributed by atoms with E-state index in [1.807, 2.05) is 19.2 Å². The van der Waals surface area contributed by atoms with Crippen molar-refractivity contribution >= 4 is 31.7 Å². The number of aryl methyl sites for hydroxylation is 1. The minimum absolute atomic E-state index is 0.0666. The van der Waals surface area contributed by atoms with Gasteiger partial charge in [-0.15, -0.1) is 0 Å². The van der Waals surface area contributed by atoms with Crippen LogP contribution in [-0.4, -0.2) is 50.7 Å². The highest BCUT2D eigenvalue weighted by Gasteiger charge is 2.42. The third-order valence-electron chi connectivity index (χ3n) is 4.80. The fourth-order valence-corrected chi connectivity index (χ4v) is 4.10. The minimum atomic E-state index is -4.02. The summed E-state index contributed by atoms with van der Waals surface area (Å²) in [6.45, 7) is 5.21. The molecule has 2 aromatic rings. The summed E-state index contributed by atoms with van der Waals surface area (Å²) in [5.41, 5.74) is 2.11. The van der Waals surface area contributed by atoms with E-state index in [9.17, 15) is 8.42 Å². The van der Waals surface area contributed by atoms with Crippen molar-refractivity contribution in [3.8, 4) is 5.75 Å². The maximum Gasteiger partial charge on any atom is 0.294 e. The van der Waals surface area contributed by atoms with Gasteiger partial charge in [0.2, 0.25) is 0 Å². The average molecular weight is 456 g/mol. The summed E-state index contributed by atoms with van der Waals surface area (Å²) < 4.78 is 35.6. The van der Waals surface area contributed by atoms with Crippen LogP contribution in [0.2, 0.25) is 0 Å². The van der Waals surface area contributed by atoms with Crippen molar-refractivity contribution in [2.45, 2.75) is 17.9 Å². The molecule has 2 fully saturated rings. The molecule has 1 aromatic heterocycles. The Kier molecular flexibility index (Phi) is 6.05. The average Bonchev–Trinajstić information content (AvgIpc) is 2.97. The molecule has 7 nitrogen and oxygen atoms in total. The van der Waals surface area contributed by atoms with Crippen molar-refractivity contribution in [2.75, 3.05) is 31.6 Å². The molecule has 1 aromatic carbocycles. The Labute approximate surface area is 167 Å². The molecule has 0 radical (unpaired) electrons. The summed E-state index contributed by atoms with van der Waals surface area (Å²) in [6, 6.07) is 8.68. The molecule has 9 heteroatoms. The lowest BCUT2D eigenvalue weighted by atomic mass is 9.91. The minimum Gasteiger partial charge on any atom is -0.494 e. The number of hydrogen-bond acceptors (Lipinski definition) is 6. The van der Waals surface area contributed by atoms with Gasteiger partial charge >= 0.3 is 0 Å². The van der Waals surface area contributed by atoms with Crippen LogP contribution in [0.3, 0.4) is 0 Å². The topological polar surface area (TPSA) is 91.8 Å². The van der Waals surface area contributed by atoms with Crippen molar-refractivity contribution in [1.82, 2.24) is 10.3 Å².